The molecule has 0 bridgehead atoms. The van der Waals surface area contributed by atoms with E-state index in [1.807, 2.05) is 32.0 Å². The summed E-state index contributed by atoms with van der Waals surface area (Å²) in [5.74, 6) is -0.427. The lowest BCUT2D eigenvalue weighted by molar-refractivity contribution is -0.118. The molecule has 30 heavy (non-hydrogen) atoms. The average molecular weight is 428 g/mol. The van der Waals surface area contributed by atoms with Gasteiger partial charge in [0.05, 0.1) is 4.90 Å². The number of halogens is 1. The summed E-state index contributed by atoms with van der Waals surface area (Å²) in [6, 6.07) is 16.3. The fourth-order valence-corrected chi connectivity index (χ4v) is 3.79. The second-order valence-corrected chi connectivity index (χ2v) is 8.42. The zero-order valence-electron chi connectivity index (χ0n) is 16.5. The Morgan fingerprint density at radius 2 is 1.63 bits per heavy atom. The number of carbonyl (C=O) groups excluding carboxylic acids is 1. The first-order valence-corrected chi connectivity index (χ1v) is 10.6. The van der Waals surface area contributed by atoms with E-state index in [2.05, 4.69) is 10.0 Å². The van der Waals surface area contributed by atoms with E-state index in [4.69, 9.17) is 4.74 Å². The van der Waals surface area contributed by atoms with Gasteiger partial charge in [-0.25, -0.2) is 12.8 Å². The first-order valence-electron chi connectivity index (χ1n) is 9.11. The highest BCUT2D eigenvalue weighted by molar-refractivity contribution is 7.92. The molecule has 0 aromatic heterocycles. The molecule has 8 heteroatoms. The molecule has 6 nitrogen and oxygen atoms in total. The fourth-order valence-electron chi connectivity index (χ4n) is 2.74. The van der Waals surface area contributed by atoms with Crippen LogP contribution in [0.15, 0.2) is 71.6 Å². The molecule has 1 amide bonds. The number of carbonyl (C=O) groups is 1. The van der Waals surface area contributed by atoms with Crippen LogP contribution in [0, 0.1) is 19.7 Å². The molecule has 0 radical (unpaired) electrons. The molecule has 0 aliphatic carbocycles. The molecule has 3 aromatic rings. The third kappa shape index (κ3) is 5.57. The van der Waals surface area contributed by atoms with Crippen molar-refractivity contribution >= 4 is 27.3 Å². The van der Waals surface area contributed by atoms with Crippen LogP contribution in [0.3, 0.4) is 0 Å². The van der Waals surface area contributed by atoms with Crippen molar-refractivity contribution in [1.82, 2.24) is 0 Å². The highest BCUT2D eigenvalue weighted by Gasteiger charge is 2.14. The zero-order valence-corrected chi connectivity index (χ0v) is 17.3. The number of hydrogen-bond acceptors (Lipinski definition) is 4. The lowest BCUT2D eigenvalue weighted by atomic mass is 10.1. The van der Waals surface area contributed by atoms with Gasteiger partial charge in [0.25, 0.3) is 15.9 Å². The normalized spacial score (nSPS) is 11.0. The maximum absolute atomic E-state index is 13.0. The Bertz CT molecular complexity index is 1140. The van der Waals surface area contributed by atoms with Gasteiger partial charge in [0.15, 0.2) is 6.61 Å². The van der Waals surface area contributed by atoms with Crippen molar-refractivity contribution in [3.8, 4) is 5.75 Å². The van der Waals surface area contributed by atoms with Crippen LogP contribution in [0.2, 0.25) is 0 Å². The summed E-state index contributed by atoms with van der Waals surface area (Å²) in [6.45, 7) is 3.66. The Morgan fingerprint density at radius 1 is 0.967 bits per heavy atom. The molecule has 0 unspecified atom stereocenters. The van der Waals surface area contributed by atoms with Gasteiger partial charge in [0.2, 0.25) is 0 Å². The molecule has 0 aliphatic rings. The lowest BCUT2D eigenvalue weighted by Crippen LogP contribution is -2.20. The van der Waals surface area contributed by atoms with E-state index in [1.54, 1.807) is 0 Å². The predicted octanol–water partition coefficient (Wildman–Crippen LogP) is 4.26. The highest BCUT2D eigenvalue weighted by Crippen LogP contribution is 2.20. The first kappa shape index (κ1) is 21.3. The van der Waals surface area contributed by atoms with Crippen LogP contribution >= 0.6 is 0 Å². The van der Waals surface area contributed by atoms with Gasteiger partial charge in [-0.2, -0.15) is 0 Å². The highest BCUT2D eigenvalue weighted by atomic mass is 32.2. The Labute approximate surface area is 174 Å². The maximum Gasteiger partial charge on any atom is 0.262 e. The van der Waals surface area contributed by atoms with E-state index < -0.39 is 15.8 Å². The minimum absolute atomic E-state index is 0.0129. The molecule has 2 N–H and O–H groups in total. The summed E-state index contributed by atoms with van der Waals surface area (Å²) >= 11 is 0. The van der Waals surface area contributed by atoms with Crippen LogP contribution in [0.1, 0.15) is 11.1 Å². The second-order valence-electron chi connectivity index (χ2n) is 6.74. The van der Waals surface area contributed by atoms with Crippen molar-refractivity contribution in [3.63, 3.8) is 0 Å². The minimum Gasteiger partial charge on any atom is -0.484 e. The van der Waals surface area contributed by atoms with E-state index in [-0.39, 0.29) is 23.1 Å². The van der Waals surface area contributed by atoms with E-state index >= 15 is 0 Å². The van der Waals surface area contributed by atoms with E-state index in [0.29, 0.717) is 11.4 Å². The van der Waals surface area contributed by atoms with E-state index in [1.165, 1.54) is 36.4 Å². The Hall–Kier alpha value is -3.39. The average Bonchev–Trinajstić information content (AvgIpc) is 2.70. The van der Waals surface area contributed by atoms with Crippen LogP contribution in [-0.2, 0) is 14.8 Å². The predicted molar refractivity (Wildman–Crippen MR) is 114 cm³/mol. The molecular formula is C22H21FN2O4S. The van der Waals surface area contributed by atoms with Gasteiger partial charge in [-0.1, -0.05) is 17.7 Å². The first-order chi connectivity index (χ1) is 14.2. The Morgan fingerprint density at radius 3 is 2.27 bits per heavy atom. The van der Waals surface area contributed by atoms with Crippen molar-refractivity contribution < 1.29 is 22.3 Å². The summed E-state index contributed by atoms with van der Waals surface area (Å²) in [6.07, 6.45) is 0. The molecule has 3 aromatic carbocycles. The summed E-state index contributed by atoms with van der Waals surface area (Å²) in [5, 5.41) is 2.78. The van der Waals surface area contributed by atoms with Crippen LogP contribution in [0.4, 0.5) is 15.8 Å². The third-order valence-corrected chi connectivity index (χ3v) is 5.65. The maximum atomic E-state index is 13.0. The number of rotatable bonds is 7. The monoisotopic (exact) mass is 428 g/mol. The SMILES string of the molecule is Cc1ccc(NC(=O)COc2ccc(S(=O)(=O)Nc3ccc(F)cc3)cc2)c(C)c1. The van der Waals surface area contributed by atoms with Crippen LogP contribution in [0.25, 0.3) is 0 Å². The Balaban J connectivity index is 1.58. The topological polar surface area (TPSA) is 84.5 Å². The summed E-state index contributed by atoms with van der Waals surface area (Å²) < 4.78 is 45.6. The van der Waals surface area contributed by atoms with Gasteiger partial charge in [0.1, 0.15) is 11.6 Å². The number of aryl methyl sites for hydroxylation is 2. The van der Waals surface area contributed by atoms with E-state index in [9.17, 15) is 17.6 Å². The van der Waals surface area contributed by atoms with Gasteiger partial charge in [-0.3, -0.25) is 9.52 Å². The molecule has 0 saturated carbocycles. The largest absolute Gasteiger partial charge is 0.484 e. The molecule has 0 atom stereocenters. The number of nitrogens with one attached hydrogen (secondary N) is 2. The number of ether oxygens (including phenoxy) is 1. The number of anilines is 2. The second kappa shape index (κ2) is 8.96. The van der Waals surface area contributed by atoms with Crippen LogP contribution < -0.4 is 14.8 Å². The van der Waals surface area contributed by atoms with Crippen LogP contribution in [0.5, 0.6) is 5.75 Å². The van der Waals surface area contributed by atoms with Crippen molar-refractivity contribution in [2.45, 2.75) is 18.7 Å². The van der Waals surface area contributed by atoms with Gasteiger partial charge >= 0.3 is 0 Å². The van der Waals surface area contributed by atoms with Crippen molar-refractivity contribution in [1.29, 1.82) is 0 Å². The van der Waals surface area contributed by atoms with E-state index in [0.717, 1.165) is 23.3 Å². The Kier molecular flexibility index (Phi) is 6.37. The quantitative estimate of drug-likeness (QED) is 0.589. The molecule has 156 valence electrons. The number of sulfonamides is 1. The summed E-state index contributed by atoms with van der Waals surface area (Å²) in [7, 11) is -3.83. The number of benzene rings is 3. The van der Waals surface area contributed by atoms with Gasteiger partial charge in [-0.05, 0) is 74.0 Å². The summed E-state index contributed by atoms with van der Waals surface area (Å²) in [5.41, 5.74) is 3.01. The zero-order chi connectivity index (χ0) is 21.7. The molecule has 0 spiro atoms. The fraction of sp³-hybridized carbons (Fsp3) is 0.136. The molecule has 0 fully saturated rings. The van der Waals surface area contributed by atoms with Crippen molar-refractivity contribution in [2.75, 3.05) is 16.6 Å². The number of hydrogen-bond donors (Lipinski definition) is 2. The van der Waals surface area contributed by atoms with Crippen molar-refractivity contribution in [3.05, 3.63) is 83.7 Å². The molecule has 0 aliphatic heterocycles. The van der Waals surface area contributed by atoms with Crippen LogP contribution in [-0.4, -0.2) is 20.9 Å². The lowest BCUT2D eigenvalue weighted by Gasteiger charge is -2.11. The molecule has 0 saturated heterocycles. The summed E-state index contributed by atoms with van der Waals surface area (Å²) in [4.78, 5) is 12.1. The van der Waals surface area contributed by atoms with Gasteiger partial charge < -0.3 is 10.1 Å². The standard InChI is InChI=1S/C22H21FN2O4S/c1-15-3-12-21(16(2)13-15)24-22(26)14-29-19-8-10-20(11-9-19)30(27,28)25-18-6-4-17(23)5-7-18/h3-13,25H,14H2,1-2H3,(H,24,26). The van der Waals surface area contributed by atoms with Gasteiger partial charge in [-0.15, -0.1) is 0 Å². The van der Waals surface area contributed by atoms with Crippen molar-refractivity contribution in [2.24, 2.45) is 0 Å². The third-order valence-electron chi connectivity index (χ3n) is 4.26. The molecule has 3 rings (SSSR count). The van der Waals surface area contributed by atoms with Gasteiger partial charge in [0, 0.05) is 11.4 Å². The molecular weight excluding hydrogens is 407 g/mol. The minimum atomic E-state index is -3.83. The molecule has 0 heterocycles. The number of amides is 1. The smallest absolute Gasteiger partial charge is 0.262 e.